The van der Waals surface area contributed by atoms with Crippen molar-refractivity contribution < 1.29 is 14.2 Å². The molecule has 0 aromatic rings. The van der Waals surface area contributed by atoms with E-state index in [9.17, 15) is 0 Å². The fourth-order valence-corrected chi connectivity index (χ4v) is 2.93. The summed E-state index contributed by atoms with van der Waals surface area (Å²) in [5.41, 5.74) is 0. The van der Waals surface area contributed by atoms with E-state index in [-0.39, 0.29) is 0 Å². The lowest BCUT2D eigenvalue weighted by molar-refractivity contribution is 0.00991. The molecule has 0 bridgehead atoms. The van der Waals surface area contributed by atoms with Crippen molar-refractivity contribution in [3.05, 3.63) is 0 Å². The SMILES string of the molecule is CN=C(NCCCN(C)CCOC)N1CCC(OCCCOC)CC1. The summed E-state index contributed by atoms with van der Waals surface area (Å²) < 4.78 is 16.1. The molecular weight excluding hydrogens is 320 g/mol. The third kappa shape index (κ3) is 9.99. The van der Waals surface area contributed by atoms with E-state index in [1.807, 2.05) is 7.05 Å². The number of methoxy groups -OCH3 is 2. The second kappa shape index (κ2) is 14.3. The third-order valence-electron chi connectivity index (χ3n) is 4.48. The maximum absolute atomic E-state index is 5.92. The van der Waals surface area contributed by atoms with Gasteiger partial charge in [0.05, 0.1) is 12.7 Å². The standard InChI is InChI=1S/C18H38N4O3/c1-19-18(20-9-5-10-21(2)13-16-24-4)22-11-7-17(8-12-22)25-15-6-14-23-3/h17H,5-16H2,1-4H3,(H,19,20). The first kappa shape index (κ1) is 22.2. The van der Waals surface area contributed by atoms with Crippen molar-refractivity contribution in [2.24, 2.45) is 4.99 Å². The maximum atomic E-state index is 5.92. The molecule has 0 amide bonds. The highest BCUT2D eigenvalue weighted by Crippen LogP contribution is 2.14. The van der Waals surface area contributed by atoms with Crippen LogP contribution in [0.2, 0.25) is 0 Å². The van der Waals surface area contributed by atoms with Crippen molar-refractivity contribution >= 4 is 5.96 Å². The topological polar surface area (TPSA) is 58.6 Å². The molecule has 0 atom stereocenters. The first-order chi connectivity index (χ1) is 12.2. The van der Waals surface area contributed by atoms with Gasteiger partial charge in [-0.15, -0.1) is 0 Å². The van der Waals surface area contributed by atoms with E-state index in [1.165, 1.54) is 0 Å². The van der Waals surface area contributed by atoms with Crippen LogP contribution in [0.15, 0.2) is 4.99 Å². The summed E-state index contributed by atoms with van der Waals surface area (Å²) in [6, 6.07) is 0. The molecular formula is C18H38N4O3. The van der Waals surface area contributed by atoms with Gasteiger partial charge in [0.1, 0.15) is 0 Å². The number of piperidine rings is 1. The van der Waals surface area contributed by atoms with Gasteiger partial charge in [0, 0.05) is 60.7 Å². The zero-order valence-corrected chi connectivity index (χ0v) is 16.6. The number of likely N-dealkylation sites (N-methyl/N-ethyl adjacent to an activating group) is 1. The van der Waals surface area contributed by atoms with Gasteiger partial charge in [-0.05, 0) is 39.3 Å². The average molecular weight is 359 g/mol. The number of hydrogen-bond acceptors (Lipinski definition) is 5. The van der Waals surface area contributed by atoms with E-state index in [0.29, 0.717) is 6.10 Å². The Morgan fingerprint density at radius 3 is 2.44 bits per heavy atom. The number of likely N-dealkylation sites (tertiary alicyclic amines) is 1. The number of nitrogens with zero attached hydrogens (tertiary/aromatic N) is 3. The normalized spacial score (nSPS) is 16.7. The second-order valence-electron chi connectivity index (χ2n) is 6.53. The van der Waals surface area contributed by atoms with Crippen molar-refractivity contribution in [3.63, 3.8) is 0 Å². The van der Waals surface area contributed by atoms with Gasteiger partial charge in [-0.2, -0.15) is 0 Å². The fraction of sp³-hybridized carbons (Fsp3) is 0.944. The molecule has 1 aliphatic heterocycles. The first-order valence-corrected chi connectivity index (χ1v) is 9.44. The van der Waals surface area contributed by atoms with Gasteiger partial charge in [0.15, 0.2) is 5.96 Å². The fourth-order valence-electron chi connectivity index (χ4n) is 2.93. The van der Waals surface area contributed by atoms with Crippen molar-refractivity contribution in [1.82, 2.24) is 15.1 Å². The molecule has 1 saturated heterocycles. The summed E-state index contributed by atoms with van der Waals surface area (Å²) in [5.74, 6) is 1.01. The minimum Gasteiger partial charge on any atom is -0.385 e. The third-order valence-corrected chi connectivity index (χ3v) is 4.48. The Morgan fingerprint density at radius 1 is 1.08 bits per heavy atom. The molecule has 0 spiro atoms. The van der Waals surface area contributed by atoms with Gasteiger partial charge in [-0.25, -0.2) is 0 Å². The zero-order chi connectivity index (χ0) is 18.3. The van der Waals surface area contributed by atoms with Crippen LogP contribution in [0, 0.1) is 0 Å². The Balaban J connectivity index is 2.15. The molecule has 7 nitrogen and oxygen atoms in total. The second-order valence-corrected chi connectivity index (χ2v) is 6.53. The van der Waals surface area contributed by atoms with Crippen LogP contribution in [0.5, 0.6) is 0 Å². The Hall–Kier alpha value is -0.890. The molecule has 0 aromatic heterocycles. The van der Waals surface area contributed by atoms with Gasteiger partial charge < -0.3 is 29.3 Å². The van der Waals surface area contributed by atoms with E-state index >= 15 is 0 Å². The van der Waals surface area contributed by atoms with Crippen LogP contribution in [0.4, 0.5) is 0 Å². The van der Waals surface area contributed by atoms with Gasteiger partial charge in [-0.3, -0.25) is 4.99 Å². The molecule has 0 aromatic carbocycles. The molecule has 25 heavy (non-hydrogen) atoms. The van der Waals surface area contributed by atoms with Crippen LogP contribution in [-0.4, -0.2) is 103 Å². The molecule has 7 heteroatoms. The summed E-state index contributed by atoms with van der Waals surface area (Å²) in [5, 5.41) is 3.49. The maximum Gasteiger partial charge on any atom is 0.193 e. The number of ether oxygens (including phenoxy) is 3. The van der Waals surface area contributed by atoms with E-state index in [0.717, 1.165) is 84.2 Å². The molecule has 1 N–H and O–H groups in total. The largest absolute Gasteiger partial charge is 0.385 e. The highest BCUT2D eigenvalue weighted by molar-refractivity contribution is 5.79. The smallest absolute Gasteiger partial charge is 0.193 e. The minimum atomic E-state index is 0.376. The molecule has 0 unspecified atom stereocenters. The predicted octanol–water partition coefficient (Wildman–Crippen LogP) is 1.05. The molecule has 1 aliphatic rings. The number of rotatable bonds is 12. The van der Waals surface area contributed by atoms with E-state index in [1.54, 1.807) is 14.2 Å². The lowest BCUT2D eigenvalue weighted by atomic mass is 10.1. The van der Waals surface area contributed by atoms with Crippen LogP contribution in [0.1, 0.15) is 25.7 Å². The van der Waals surface area contributed by atoms with Crippen molar-refractivity contribution in [2.75, 3.05) is 80.9 Å². The minimum absolute atomic E-state index is 0.376. The van der Waals surface area contributed by atoms with Gasteiger partial charge in [-0.1, -0.05) is 0 Å². The molecule has 0 aliphatic carbocycles. The predicted molar refractivity (Wildman–Crippen MR) is 102 cm³/mol. The Bertz CT molecular complexity index is 347. The van der Waals surface area contributed by atoms with Gasteiger partial charge in [0.25, 0.3) is 0 Å². The molecule has 0 saturated carbocycles. The van der Waals surface area contributed by atoms with E-state index < -0.39 is 0 Å². The number of aliphatic imine (C=N–C) groups is 1. The van der Waals surface area contributed by atoms with Gasteiger partial charge >= 0.3 is 0 Å². The average Bonchev–Trinajstić information content (AvgIpc) is 2.64. The van der Waals surface area contributed by atoms with E-state index in [2.05, 4.69) is 27.2 Å². The Morgan fingerprint density at radius 2 is 1.80 bits per heavy atom. The van der Waals surface area contributed by atoms with Crippen molar-refractivity contribution in [1.29, 1.82) is 0 Å². The highest BCUT2D eigenvalue weighted by Gasteiger charge is 2.21. The molecule has 148 valence electrons. The van der Waals surface area contributed by atoms with E-state index in [4.69, 9.17) is 14.2 Å². The number of nitrogens with one attached hydrogen (secondary N) is 1. The Kier molecular flexibility index (Phi) is 12.7. The van der Waals surface area contributed by atoms with Crippen LogP contribution < -0.4 is 5.32 Å². The monoisotopic (exact) mass is 358 g/mol. The highest BCUT2D eigenvalue weighted by atomic mass is 16.5. The van der Waals surface area contributed by atoms with Crippen molar-refractivity contribution in [3.8, 4) is 0 Å². The van der Waals surface area contributed by atoms with Crippen LogP contribution in [-0.2, 0) is 14.2 Å². The number of guanidine groups is 1. The lowest BCUT2D eigenvalue weighted by Gasteiger charge is -2.34. The summed E-state index contributed by atoms with van der Waals surface area (Å²) in [7, 11) is 7.47. The Labute approximate surface area is 153 Å². The van der Waals surface area contributed by atoms with Crippen LogP contribution in [0.25, 0.3) is 0 Å². The summed E-state index contributed by atoms with van der Waals surface area (Å²) >= 11 is 0. The molecule has 0 radical (unpaired) electrons. The molecule has 1 rings (SSSR count). The summed E-state index contributed by atoms with van der Waals surface area (Å²) in [6.07, 6.45) is 4.57. The quantitative estimate of drug-likeness (QED) is 0.320. The first-order valence-electron chi connectivity index (χ1n) is 9.44. The molecule has 1 heterocycles. The van der Waals surface area contributed by atoms with Gasteiger partial charge in [0.2, 0.25) is 0 Å². The lowest BCUT2D eigenvalue weighted by Crippen LogP contribution is -2.47. The summed E-state index contributed by atoms with van der Waals surface area (Å²) in [6.45, 7) is 7.34. The number of hydrogen-bond donors (Lipinski definition) is 1. The molecule has 1 fully saturated rings. The zero-order valence-electron chi connectivity index (χ0n) is 16.6. The summed E-state index contributed by atoms with van der Waals surface area (Å²) in [4.78, 5) is 9.06. The van der Waals surface area contributed by atoms with Crippen molar-refractivity contribution in [2.45, 2.75) is 31.8 Å². The van der Waals surface area contributed by atoms with Crippen LogP contribution >= 0.6 is 0 Å². The van der Waals surface area contributed by atoms with Crippen LogP contribution in [0.3, 0.4) is 0 Å².